The van der Waals surface area contributed by atoms with Gasteiger partial charge in [-0.15, -0.1) is 0 Å². The van der Waals surface area contributed by atoms with Crippen LogP contribution in [0.25, 0.3) is 6.08 Å². The number of esters is 1. The maximum Gasteiger partial charge on any atom is 0.331 e. The molecule has 1 amide bonds. The van der Waals surface area contributed by atoms with Crippen LogP contribution in [0.4, 0.5) is 4.39 Å². The second-order valence-electron chi connectivity index (χ2n) is 7.77. The van der Waals surface area contributed by atoms with E-state index < -0.39 is 11.4 Å². The molecule has 1 fully saturated rings. The molecule has 0 spiro atoms. The first-order valence-electron chi connectivity index (χ1n) is 10.8. The lowest BCUT2D eigenvalue weighted by Crippen LogP contribution is -2.52. The molecule has 1 saturated carbocycles. The van der Waals surface area contributed by atoms with Crippen LogP contribution in [0.3, 0.4) is 0 Å². The summed E-state index contributed by atoms with van der Waals surface area (Å²) in [5.41, 5.74) is 0.266. The molecule has 3 rings (SSSR count). The number of carbonyl (C=O) groups excluding carboxylic acids is 2. The first-order valence-corrected chi connectivity index (χ1v) is 11.2. The van der Waals surface area contributed by atoms with Crippen molar-refractivity contribution in [2.45, 2.75) is 44.8 Å². The van der Waals surface area contributed by atoms with E-state index in [1.807, 2.05) is 0 Å². The molecule has 2 aromatic carbocycles. The molecule has 2 aromatic rings. The Morgan fingerprint density at radius 1 is 1.15 bits per heavy atom. The largest absolute Gasteiger partial charge is 0.493 e. The molecule has 0 radical (unpaired) electrons. The molecule has 0 heterocycles. The third kappa shape index (κ3) is 6.26. The third-order valence-electron chi connectivity index (χ3n) is 5.49. The van der Waals surface area contributed by atoms with Gasteiger partial charge in [-0.1, -0.05) is 30.5 Å². The topological polar surface area (TPSA) is 73.9 Å². The molecule has 0 aromatic heterocycles. The van der Waals surface area contributed by atoms with E-state index in [4.69, 9.17) is 25.8 Å². The number of hydrogen-bond donors (Lipinski definition) is 1. The average molecular weight is 476 g/mol. The summed E-state index contributed by atoms with van der Waals surface area (Å²) in [5, 5.41) is 3.24. The molecule has 1 aliphatic rings. The van der Waals surface area contributed by atoms with Gasteiger partial charge in [-0.25, -0.2) is 9.18 Å². The van der Waals surface area contributed by atoms with Crippen LogP contribution in [-0.2, 0) is 20.9 Å². The van der Waals surface area contributed by atoms with Gasteiger partial charge in [-0.3, -0.25) is 4.79 Å². The number of rotatable bonds is 9. The van der Waals surface area contributed by atoms with Gasteiger partial charge >= 0.3 is 5.97 Å². The van der Waals surface area contributed by atoms with Gasteiger partial charge in [0.25, 0.3) is 0 Å². The predicted molar refractivity (Wildman–Crippen MR) is 124 cm³/mol. The van der Waals surface area contributed by atoms with Gasteiger partial charge in [0.1, 0.15) is 18.0 Å². The van der Waals surface area contributed by atoms with E-state index in [0.717, 1.165) is 12.8 Å². The fourth-order valence-corrected chi connectivity index (χ4v) is 3.97. The molecule has 0 saturated heterocycles. The number of methoxy groups -OCH3 is 1. The molecule has 176 valence electrons. The number of nitrogens with one attached hydrogen (secondary N) is 1. The van der Waals surface area contributed by atoms with Crippen molar-refractivity contribution in [1.82, 2.24) is 5.32 Å². The molecule has 33 heavy (non-hydrogen) atoms. The first kappa shape index (κ1) is 24.6. The highest BCUT2D eigenvalue weighted by atomic mass is 35.5. The Morgan fingerprint density at radius 3 is 2.61 bits per heavy atom. The Kier molecular flexibility index (Phi) is 8.33. The minimum absolute atomic E-state index is 0.0699. The fraction of sp³-hybridized carbons (Fsp3) is 0.360. The van der Waals surface area contributed by atoms with Crippen LogP contribution in [0.15, 0.2) is 42.5 Å². The maximum atomic E-state index is 13.5. The normalized spacial score (nSPS) is 14.8. The lowest BCUT2D eigenvalue weighted by atomic mass is 9.97. The summed E-state index contributed by atoms with van der Waals surface area (Å²) in [6.07, 6.45) is 5.87. The van der Waals surface area contributed by atoms with Crippen LogP contribution in [0, 0.1) is 5.82 Å². The number of amides is 1. The molecule has 6 nitrogen and oxygen atoms in total. The minimum Gasteiger partial charge on any atom is -0.493 e. The molecular weight excluding hydrogens is 449 g/mol. The summed E-state index contributed by atoms with van der Waals surface area (Å²) in [6, 6.07) is 9.24. The smallest absolute Gasteiger partial charge is 0.331 e. The van der Waals surface area contributed by atoms with Gasteiger partial charge in [0.05, 0.1) is 13.7 Å². The van der Waals surface area contributed by atoms with Crippen molar-refractivity contribution in [2.75, 3.05) is 13.7 Å². The molecule has 0 bridgehead atoms. The zero-order valence-corrected chi connectivity index (χ0v) is 19.4. The molecule has 0 unspecified atom stereocenters. The lowest BCUT2D eigenvalue weighted by Gasteiger charge is -2.27. The van der Waals surface area contributed by atoms with E-state index in [1.165, 1.54) is 31.4 Å². The summed E-state index contributed by atoms with van der Waals surface area (Å²) >= 11 is 6.09. The molecule has 8 heteroatoms. The number of carbonyl (C=O) groups is 2. The van der Waals surface area contributed by atoms with Crippen molar-refractivity contribution in [3.8, 4) is 11.5 Å². The zero-order valence-electron chi connectivity index (χ0n) is 18.7. The van der Waals surface area contributed by atoms with Gasteiger partial charge in [0, 0.05) is 16.7 Å². The van der Waals surface area contributed by atoms with E-state index >= 15 is 0 Å². The van der Waals surface area contributed by atoms with E-state index in [2.05, 4.69) is 5.32 Å². The monoisotopic (exact) mass is 475 g/mol. The Morgan fingerprint density at radius 2 is 1.91 bits per heavy atom. The minimum atomic E-state index is -0.953. The van der Waals surface area contributed by atoms with Crippen LogP contribution >= 0.6 is 11.6 Å². The van der Waals surface area contributed by atoms with Gasteiger partial charge in [0.2, 0.25) is 5.91 Å². The van der Waals surface area contributed by atoms with Gasteiger partial charge < -0.3 is 19.5 Å². The third-order valence-corrected chi connectivity index (χ3v) is 5.86. The van der Waals surface area contributed by atoms with Crippen molar-refractivity contribution >= 4 is 29.6 Å². The highest BCUT2D eigenvalue weighted by Crippen LogP contribution is 2.32. The van der Waals surface area contributed by atoms with Crippen molar-refractivity contribution in [3.63, 3.8) is 0 Å². The molecule has 1 aliphatic carbocycles. The van der Waals surface area contributed by atoms with Gasteiger partial charge in [-0.05, 0) is 61.7 Å². The summed E-state index contributed by atoms with van der Waals surface area (Å²) in [7, 11) is 1.50. The lowest BCUT2D eigenvalue weighted by molar-refractivity contribution is -0.152. The Bertz CT molecular complexity index is 1030. The molecule has 0 aliphatic heterocycles. The van der Waals surface area contributed by atoms with E-state index in [0.29, 0.717) is 40.5 Å². The molecular formula is C25H27ClFNO5. The quantitative estimate of drug-likeness (QED) is 0.405. The van der Waals surface area contributed by atoms with E-state index in [-0.39, 0.29) is 25.1 Å². The summed E-state index contributed by atoms with van der Waals surface area (Å²) in [5.74, 6) is -0.252. The van der Waals surface area contributed by atoms with Crippen LogP contribution in [0.1, 0.15) is 43.7 Å². The van der Waals surface area contributed by atoms with Crippen molar-refractivity contribution in [1.29, 1.82) is 0 Å². The van der Waals surface area contributed by atoms with Crippen molar-refractivity contribution < 1.29 is 28.2 Å². The van der Waals surface area contributed by atoms with Gasteiger partial charge in [-0.2, -0.15) is 0 Å². The second-order valence-corrected chi connectivity index (χ2v) is 8.17. The van der Waals surface area contributed by atoms with E-state index in [9.17, 15) is 14.0 Å². The fourth-order valence-electron chi connectivity index (χ4n) is 3.79. The Labute approximate surface area is 197 Å². The Balaban J connectivity index is 1.66. The van der Waals surface area contributed by atoms with Crippen LogP contribution in [0.5, 0.6) is 11.5 Å². The van der Waals surface area contributed by atoms with Gasteiger partial charge in [0.15, 0.2) is 11.5 Å². The summed E-state index contributed by atoms with van der Waals surface area (Å²) in [4.78, 5) is 24.9. The van der Waals surface area contributed by atoms with Crippen molar-refractivity contribution in [3.05, 3.63) is 64.4 Å². The standard InChI is InChI=1S/C25H27ClFNO5/c1-3-32-24(30)25(12-4-5-13-25)28-23(29)11-7-17-6-10-21(22(14-17)31-2)33-16-18-15-19(27)8-9-20(18)26/h6-11,14-15H,3-5,12-13,16H2,1-2H3,(H,28,29)/b11-7+. The van der Waals surface area contributed by atoms with Crippen LogP contribution in [0.2, 0.25) is 5.02 Å². The van der Waals surface area contributed by atoms with Crippen LogP contribution < -0.4 is 14.8 Å². The SMILES string of the molecule is CCOC(=O)C1(NC(=O)/C=C/c2ccc(OCc3cc(F)ccc3Cl)c(OC)c2)CCCC1. The molecule has 0 atom stereocenters. The first-order chi connectivity index (χ1) is 15.9. The van der Waals surface area contributed by atoms with Crippen molar-refractivity contribution in [2.24, 2.45) is 0 Å². The molecule has 1 N–H and O–H groups in total. The highest BCUT2D eigenvalue weighted by Gasteiger charge is 2.43. The number of hydrogen-bond acceptors (Lipinski definition) is 5. The predicted octanol–water partition coefficient (Wildman–Crippen LogP) is 5.07. The number of halogens is 2. The zero-order chi connectivity index (χ0) is 23.8. The second kappa shape index (κ2) is 11.2. The maximum absolute atomic E-state index is 13.5. The summed E-state index contributed by atoms with van der Waals surface area (Å²) in [6.45, 7) is 2.09. The number of ether oxygens (including phenoxy) is 3. The average Bonchev–Trinajstić information content (AvgIpc) is 3.28. The van der Waals surface area contributed by atoms with Crippen LogP contribution in [-0.4, -0.2) is 31.1 Å². The Hall–Kier alpha value is -3.06. The highest BCUT2D eigenvalue weighted by molar-refractivity contribution is 6.31. The summed E-state index contributed by atoms with van der Waals surface area (Å²) < 4.78 is 29.8. The number of benzene rings is 2. The van der Waals surface area contributed by atoms with E-state index in [1.54, 1.807) is 31.2 Å².